The largest absolute Gasteiger partial charge is 0.379 e. The lowest BCUT2D eigenvalue weighted by Crippen LogP contribution is -2.53. The van der Waals surface area contributed by atoms with Crippen molar-refractivity contribution in [3.8, 4) is 0 Å². The van der Waals surface area contributed by atoms with Crippen LogP contribution in [-0.4, -0.2) is 88.4 Å². The normalized spacial score (nSPS) is 22.2. The minimum atomic E-state index is 0.552. The first-order valence-corrected chi connectivity index (χ1v) is 11.1. The van der Waals surface area contributed by atoms with E-state index in [-0.39, 0.29) is 0 Å². The molecule has 6 heteroatoms. The summed E-state index contributed by atoms with van der Waals surface area (Å²) < 4.78 is 5.56. The predicted molar refractivity (Wildman–Crippen MR) is 114 cm³/mol. The van der Waals surface area contributed by atoms with Crippen LogP contribution in [0, 0.1) is 11.8 Å². The lowest BCUT2D eigenvalue weighted by Gasteiger charge is -2.39. The van der Waals surface area contributed by atoms with Crippen molar-refractivity contribution in [3.05, 3.63) is 0 Å². The third-order valence-corrected chi connectivity index (χ3v) is 6.49. The van der Waals surface area contributed by atoms with E-state index >= 15 is 0 Å². The Morgan fingerprint density at radius 3 is 2.33 bits per heavy atom. The highest BCUT2D eigenvalue weighted by atomic mass is 16.5. The standard InChI is InChI=1S/C21H43N5O/c1-5-19(6-2)20(26-13-15-27-16-14-26)17-24-21(22-3)23-10-7-18-8-11-25(4)12-9-18/h18-20H,5-17H2,1-4H3,(H2,22,23,24). The van der Waals surface area contributed by atoms with Crippen molar-refractivity contribution in [1.82, 2.24) is 20.4 Å². The lowest BCUT2D eigenvalue weighted by molar-refractivity contribution is 0.00272. The van der Waals surface area contributed by atoms with E-state index in [4.69, 9.17) is 4.74 Å². The summed E-state index contributed by atoms with van der Waals surface area (Å²) >= 11 is 0. The molecule has 0 amide bonds. The van der Waals surface area contributed by atoms with Crippen LogP contribution in [0.25, 0.3) is 0 Å². The van der Waals surface area contributed by atoms with E-state index in [0.29, 0.717) is 12.0 Å². The summed E-state index contributed by atoms with van der Waals surface area (Å²) in [6.45, 7) is 12.9. The Hall–Kier alpha value is -0.850. The fourth-order valence-corrected chi connectivity index (χ4v) is 4.50. The molecule has 2 rings (SSSR count). The number of nitrogens with zero attached hydrogens (tertiary/aromatic N) is 3. The Balaban J connectivity index is 1.76. The fraction of sp³-hybridized carbons (Fsp3) is 0.952. The molecule has 1 unspecified atom stereocenters. The Morgan fingerprint density at radius 2 is 1.74 bits per heavy atom. The Kier molecular flexibility index (Phi) is 10.5. The maximum Gasteiger partial charge on any atom is 0.191 e. The van der Waals surface area contributed by atoms with Gasteiger partial charge in [-0.1, -0.05) is 26.7 Å². The second-order valence-corrected chi connectivity index (χ2v) is 8.21. The third kappa shape index (κ3) is 7.59. The molecule has 0 aromatic heterocycles. The molecule has 1 atom stereocenters. The van der Waals surface area contributed by atoms with Crippen LogP contribution in [0.4, 0.5) is 0 Å². The highest BCUT2D eigenvalue weighted by molar-refractivity contribution is 5.79. The molecule has 2 N–H and O–H groups in total. The second-order valence-electron chi connectivity index (χ2n) is 8.21. The summed E-state index contributed by atoms with van der Waals surface area (Å²) in [5.74, 6) is 2.53. The van der Waals surface area contributed by atoms with Gasteiger partial charge in [-0.25, -0.2) is 0 Å². The van der Waals surface area contributed by atoms with Crippen LogP contribution < -0.4 is 10.6 Å². The van der Waals surface area contributed by atoms with Gasteiger partial charge in [-0.15, -0.1) is 0 Å². The average molecular weight is 382 g/mol. The summed E-state index contributed by atoms with van der Waals surface area (Å²) in [5, 5.41) is 7.15. The summed E-state index contributed by atoms with van der Waals surface area (Å²) in [6.07, 6.45) is 6.36. The van der Waals surface area contributed by atoms with E-state index in [1.807, 2.05) is 7.05 Å². The monoisotopic (exact) mass is 381 g/mol. The van der Waals surface area contributed by atoms with Gasteiger partial charge in [0.15, 0.2) is 5.96 Å². The van der Waals surface area contributed by atoms with Crippen molar-refractivity contribution in [2.75, 3.05) is 66.6 Å². The number of hydrogen-bond acceptors (Lipinski definition) is 4. The van der Waals surface area contributed by atoms with Crippen LogP contribution in [0.15, 0.2) is 4.99 Å². The SMILES string of the molecule is CCC(CC)C(CNC(=NC)NCCC1CCN(C)CC1)N1CCOCC1. The van der Waals surface area contributed by atoms with Gasteiger partial charge >= 0.3 is 0 Å². The first-order chi connectivity index (χ1) is 13.2. The van der Waals surface area contributed by atoms with E-state index in [0.717, 1.165) is 51.3 Å². The smallest absolute Gasteiger partial charge is 0.191 e. The van der Waals surface area contributed by atoms with Gasteiger partial charge in [0.25, 0.3) is 0 Å². The van der Waals surface area contributed by atoms with Crippen LogP contribution in [0.5, 0.6) is 0 Å². The Bertz CT molecular complexity index is 413. The average Bonchev–Trinajstić information content (AvgIpc) is 2.71. The first-order valence-electron chi connectivity index (χ1n) is 11.1. The van der Waals surface area contributed by atoms with Gasteiger partial charge in [0.1, 0.15) is 0 Å². The predicted octanol–water partition coefficient (Wildman–Crippen LogP) is 2.02. The molecule has 27 heavy (non-hydrogen) atoms. The van der Waals surface area contributed by atoms with E-state index in [2.05, 4.69) is 46.3 Å². The molecule has 0 spiro atoms. The van der Waals surface area contributed by atoms with Crippen molar-refractivity contribution >= 4 is 5.96 Å². The summed E-state index contributed by atoms with van der Waals surface area (Å²) in [4.78, 5) is 9.50. The van der Waals surface area contributed by atoms with Crippen molar-refractivity contribution in [3.63, 3.8) is 0 Å². The quantitative estimate of drug-likeness (QED) is 0.473. The number of ether oxygens (including phenoxy) is 1. The lowest BCUT2D eigenvalue weighted by atomic mass is 9.92. The molecule has 0 aromatic rings. The van der Waals surface area contributed by atoms with Crippen LogP contribution in [0.1, 0.15) is 46.0 Å². The minimum absolute atomic E-state index is 0.552. The number of piperidine rings is 1. The molecule has 6 nitrogen and oxygen atoms in total. The molecule has 2 fully saturated rings. The Labute approximate surface area is 167 Å². The van der Waals surface area contributed by atoms with Crippen molar-refractivity contribution < 1.29 is 4.74 Å². The van der Waals surface area contributed by atoms with Crippen molar-refractivity contribution in [1.29, 1.82) is 0 Å². The molecule has 2 aliphatic rings. The molecule has 0 aliphatic carbocycles. The maximum absolute atomic E-state index is 5.56. The van der Waals surface area contributed by atoms with E-state index in [9.17, 15) is 0 Å². The van der Waals surface area contributed by atoms with Crippen molar-refractivity contribution in [2.45, 2.75) is 52.0 Å². The number of rotatable bonds is 9. The zero-order valence-electron chi connectivity index (χ0n) is 18.2. The number of likely N-dealkylation sites (tertiary alicyclic amines) is 1. The van der Waals surface area contributed by atoms with Gasteiger partial charge in [0.2, 0.25) is 0 Å². The fourth-order valence-electron chi connectivity index (χ4n) is 4.50. The van der Waals surface area contributed by atoms with E-state index in [1.165, 1.54) is 45.2 Å². The summed E-state index contributed by atoms with van der Waals surface area (Å²) in [5.41, 5.74) is 0. The van der Waals surface area contributed by atoms with Gasteiger partial charge in [0, 0.05) is 39.3 Å². The molecule has 2 aliphatic heterocycles. The molecule has 2 saturated heterocycles. The number of morpholine rings is 1. The van der Waals surface area contributed by atoms with Gasteiger partial charge in [-0.05, 0) is 51.2 Å². The topological polar surface area (TPSA) is 52.1 Å². The van der Waals surface area contributed by atoms with Crippen molar-refractivity contribution in [2.24, 2.45) is 16.8 Å². The summed E-state index contributed by atoms with van der Waals surface area (Å²) in [7, 11) is 4.11. The van der Waals surface area contributed by atoms with Crippen LogP contribution >= 0.6 is 0 Å². The Morgan fingerprint density at radius 1 is 1.07 bits per heavy atom. The molecular formula is C21H43N5O. The second kappa shape index (κ2) is 12.6. The number of guanidine groups is 1. The molecule has 0 aromatic carbocycles. The highest BCUT2D eigenvalue weighted by Crippen LogP contribution is 2.20. The zero-order chi connectivity index (χ0) is 19.5. The first kappa shape index (κ1) is 22.4. The van der Waals surface area contributed by atoms with Crippen LogP contribution in [-0.2, 0) is 4.74 Å². The maximum atomic E-state index is 5.56. The highest BCUT2D eigenvalue weighted by Gasteiger charge is 2.27. The van der Waals surface area contributed by atoms with E-state index < -0.39 is 0 Å². The molecule has 158 valence electrons. The van der Waals surface area contributed by atoms with Crippen LogP contribution in [0.3, 0.4) is 0 Å². The van der Waals surface area contributed by atoms with E-state index in [1.54, 1.807) is 0 Å². The molecule has 0 bridgehead atoms. The molecule has 0 saturated carbocycles. The van der Waals surface area contributed by atoms with Gasteiger partial charge in [-0.3, -0.25) is 9.89 Å². The number of nitrogens with one attached hydrogen (secondary N) is 2. The third-order valence-electron chi connectivity index (χ3n) is 6.49. The number of aliphatic imine (C=N–C) groups is 1. The minimum Gasteiger partial charge on any atom is -0.379 e. The number of hydrogen-bond donors (Lipinski definition) is 2. The van der Waals surface area contributed by atoms with Gasteiger partial charge in [0.05, 0.1) is 13.2 Å². The van der Waals surface area contributed by atoms with Crippen LogP contribution in [0.2, 0.25) is 0 Å². The molecule has 0 radical (unpaired) electrons. The molecule has 2 heterocycles. The zero-order valence-corrected chi connectivity index (χ0v) is 18.2. The van der Waals surface area contributed by atoms with Gasteiger partial charge < -0.3 is 20.3 Å². The van der Waals surface area contributed by atoms with Gasteiger partial charge in [-0.2, -0.15) is 0 Å². The summed E-state index contributed by atoms with van der Waals surface area (Å²) in [6, 6.07) is 0.552. The molecular weight excluding hydrogens is 338 g/mol.